The third-order valence-electron chi connectivity index (χ3n) is 9.87. The van der Waals surface area contributed by atoms with Gasteiger partial charge in [0.1, 0.15) is 5.58 Å². The van der Waals surface area contributed by atoms with Crippen LogP contribution in [0.1, 0.15) is 96.9 Å². The molecular formula is C56H56IrN2O-2. The fraction of sp³-hybridized carbons (Fsp3) is 0.286. The van der Waals surface area contributed by atoms with E-state index in [0.29, 0.717) is 33.7 Å². The van der Waals surface area contributed by atoms with Crippen molar-refractivity contribution in [2.45, 2.75) is 88.3 Å². The Hall–Kier alpha value is -5.15. The second-order valence-corrected chi connectivity index (χ2v) is 18.3. The topological polar surface area (TPSA) is 38.9 Å². The third kappa shape index (κ3) is 9.26. The van der Waals surface area contributed by atoms with Crippen molar-refractivity contribution in [1.82, 2.24) is 9.97 Å². The molecule has 0 saturated heterocycles. The standard InChI is InChI=1S/C35H28NO.C21H28N.Ir/c1-21-20-36-32(16-22(21)19-35(2,3)4)28-15-9-14-27-31-17-29-25-12-7-5-10-23(25)24-11-6-8-13-26(24)30(29)18-33(31)37-34(27)28;1-20(2,3)13-17-12-19(16-10-8-7-9-11-16)22-15-18(17)14-21(4,5)6;/h5-14,16-18,20H,19H2,1-4H3;7-10,12,15H,13-14H2,1-6H3;/q2*-1;/i1D3,19D2;13D2,14D2;. The van der Waals surface area contributed by atoms with Gasteiger partial charge >= 0.3 is 0 Å². The summed E-state index contributed by atoms with van der Waals surface area (Å²) in [5.41, 5.74) is 2.06. The van der Waals surface area contributed by atoms with E-state index in [1.54, 1.807) is 39.0 Å². The monoisotopic (exact) mass is 974 g/mol. The Morgan fingerprint density at radius 1 is 0.533 bits per heavy atom. The molecule has 3 nitrogen and oxygen atoms in total. The Kier molecular flexibility index (Phi) is 9.08. The van der Waals surface area contributed by atoms with Gasteiger partial charge in [-0.3, -0.25) is 0 Å². The van der Waals surface area contributed by atoms with Gasteiger partial charge in [-0.25, -0.2) is 0 Å². The van der Waals surface area contributed by atoms with Gasteiger partial charge in [0.15, 0.2) is 0 Å². The zero-order valence-electron chi connectivity index (χ0n) is 44.7. The number of fused-ring (bicyclic) bond motifs is 9. The summed E-state index contributed by atoms with van der Waals surface area (Å²) >= 11 is 0. The van der Waals surface area contributed by atoms with Crippen LogP contribution in [0.15, 0.2) is 126 Å². The summed E-state index contributed by atoms with van der Waals surface area (Å²) < 4.78 is 83.4. The van der Waals surface area contributed by atoms with Crippen LogP contribution in [0, 0.1) is 35.2 Å². The SMILES string of the molecule is [2H]C([2H])([2H])c1cnc(-c2[c-]ccc3c2oc2cc4c5ccccc5c5ccccc5c4cc23)cc1C([2H])([2H])C(C)(C)C.[2H]C([2H])(c1cnc(-c2[c-]cccc2)cc1C([2H])([2H])C(C)(C)C)C(C)(C)C.[Ir]. The van der Waals surface area contributed by atoms with E-state index in [1.807, 2.05) is 71.9 Å². The quantitative estimate of drug-likeness (QED) is 0.127. The number of hydrogen-bond donors (Lipinski definition) is 0. The Morgan fingerprint density at radius 2 is 1.08 bits per heavy atom. The number of aryl methyl sites for hydroxylation is 1. The largest absolute Gasteiger partial charge is 0.501 e. The predicted molar refractivity (Wildman–Crippen MR) is 251 cm³/mol. The molecule has 0 atom stereocenters. The van der Waals surface area contributed by atoms with Gasteiger partial charge in [-0.05, 0) is 115 Å². The van der Waals surface area contributed by atoms with Crippen molar-refractivity contribution in [1.29, 1.82) is 0 Å². The van der Waals surface area contributed by atoms with Gasteiger partial charge in [0, 0.05) is 50.2 Å². The summed E-state index contributed by atoms with van der Waals surface area (Å²) in [6.45, 7) is 13.7. The molecule has 3 aromatic heterocycles. The maximum Gasteiger partial charge on any atom is 0.121 e. The van der Waals surface area contributed by atoms with E-state index in [0.717, 1.165) is 38.1 Å². The van der Waals surface area contributed by atoms with Crippen molar-refractivity contribution in [3.8, 4) is 22.5 Å². The minimum absolute atomic E-state index is 0. The number of rotatable bonds is 5. The Labute approximate surface area is 382 Å². The first-order valence-corrected chi connectivity index (χ1v) is 20.2. The van der Waals surface area contributed by atoms with E-state index < -0.39 is 42.2 Å². The van der Waals surface area contributed by atoms with Crippen molar-refractivity contribution in [3.05, 3.63) is 156 Å². The molecule has 6 aromatic carbocycles. The summed E-state index contributed by atoms with van der Waals surface area (Å²) in [6.07, 6.45) is -2.61. The van der Waals surface area contributed by atoms with Crippen LogP contribution in [0.2, 0.25) is 0 Å². The summed E-state index contributed by atoms with van der Waals surface area (Å²) in [5.74, 6) is 0. The molecule has 9 aromatic rings. The molecule has 0 aliphatic heterocycles. The predicted octanol–water partition coefficient (Wildman–Crippen LogP) is 15.5. The average molecular weight is 974 g/mol. The third-order valence-corrected chi connectivity index (χ3v) is 9.87. The molecule has 1 radical (unpaired) electrons. The van der Waals surface area contributed by atoms with Gasteiger partial charge in [-0.2, -0.15) is 0 Å². The van der Waals surface area contributed by atoms with Gasteiger partial charge < -0.3 is 14.4 Å². The molecule has 0 aliphatic carbocycles. The van der Waals surface area contributed by atoms with Crippen LogP contribution < -0.4 is 0 Å². The van der Waals surface area contributed by atoms with Crippen LogP contribution in [0.5, 0.6) is 0 Å². The molecule has 0 saturated carbocycles. The minimum atomic E-state index is -2.51. The van der Waals surface area contributed by atoms with Crippen LogP contribution in [0.3, 0.4) is 0 Å². The van der Waals surface area contributed by atoms with Crippen molar-refractivity contribution >= 4 is 54.3 Å². The molecule has 9 rings (SSSR count). The summed E-state index contributed by atoms with van der Waals surface area (Å²) in [7, 11) is 0. The van der Waals surface area contributed by atoms with Crippen LogP contribution >= 0.6 is 0 Å². The number of aromatic nitrogens is 2. The second kappa shape index (κ2) is 16.7. The van der Waals surface area contributed by atoms with Gasteiger partial charge in [-0.15, -0.1) is 54.1 Å². The van der Waals surface area contributed by atoms with E-state index in [2.05, 4.69) is 82.8 Å². The Bertz CT molecular complexity index is 3380. The van der Waals surface area contributed by atoms with Gasteiger partial charge in [0.05, 0.1) is 5.58 Å². The Morgan fingerprint density at radius 3 is 1.68 bits per heavy atom. The second-order valence-electron chi connectivity index (χ2n) is 18.3. The fourth-order valence-corrected chi connectivity index (χ4v) is 7.59. The fourth-order valence-electron chi connectivity index (χ4n) is 7.59. The van der Waals surface area contributed by atoms with Gasteiger partial charge in [0.25, 0.3) is 0 Å². The number of pyridine rings is 2. The molecule has 0 aliphatic rings. The molecule has 307 valence electrons. The molecular weight excluding hydrogens is 909 g/mol. The smallest absolute Gasteiger partial charge is 0.121 e. The first-order valence-electron chi connectivity index (χ1n) is 24.7. The van der Waals surface area contributed by atoms with E-state index in [4.69, 9.17) is 16.8 Å². The zero-order chi connectivity index (χ0) is 49.6. The molecule has 0 bridgehead atoms. The zero-order valence-corrected chi connectivity index (χ0v) is 38.1. The van der Waals surface area contributed by atoms with Crippen molar-refractivity contribution in [2.75, 3.05) is 0 Å². The maximum atomic E-state index is 8.92. The van der Waals surface area contributed by atoms with E-state index in [1.165, 1.54) is 28.6 Å². The molecule has 0 amide bonds. The summed E-state index contributed by atoms with van der Waals surface area (Å²) in [5, 5.41) is 8.78. The average Bonchev–Trinajstić information content (AvgIpc) is 3.65. The van der Waals surface area contributed by atoms with Crippen molar-refractivity contribution in [2.24, 2.45) is 16.2 Å². The first kappa shape index (κ1) is 32.6. The van der Waals surface area contributed by atoms with E-state index in [9.17, 15) is 0 Å². The summed E-state index contributed by atoms with van der Waals surface area (Å²) in [4.78, 5) is 8.96. The van der Waals surface area contributed by atoms with Crippen LogP contribution in [0.25, 0.3) is 76.8 Å². The molecule has 4 heteroatoms. The number of furan rings is 1. The maximum absolute atomic E-state index is 8.92. The Balaban J connectivity index is 0.000000226. The van der Waals surface area contributed by atoms with E-state index >= 15 is 0 Å². The molecule has 3 heterocycles. The number of nitrogens with zero attached hydrogens (tertiary/aromatic N) is 2. The molecule has 0 fully saturated rings. The van der Waals surface area contributed by atoms with E-state index in [-0.39, 0.29) is 31.2 Å². The van der Waals surface area contributed by atoms with Crippen molar-refractivity contribution in [3.63, 3.8) is 0 Å². The normalized spacial score (nSPS) is 15.4. The minimum Gasteiger partial charge on any atom is -0.501 e. The van der Waals surface area contributed by atoms with Crippen LogP contribution in [-0.2, 0) is 39.2 Å². The number of benzene rings is 6. The van der Waals surface area contributed by atoms with Crippen LogP contribution in [0.4, 0.5) is 0 Å². The summed E-state index contributed by atoms with van der Waals surface area (Å²) in [6, 6.07) is 41.9. The number of hydrogen-bond acceptors (Lipinski definition) is 3. The first-order chi connectivity index (χ1) is 31.6. The molecule has 0 unspecified atom stereocenters. The molecule has 0 spiro atoms. The van der Waals surface area contributed by atoms with Gasteiger partial charge in [-0.1, -0.05) is 139 Å². The molecule has 0 N–H and O–H groups in total. The van der Waals surface area contributed by atoms with Crippen molar-refractivity contribution < 1.29 is 36.9 Å². The molecule has 60 heavy (non-hydrogen) atoms. The van der Waals surface area contributed by atoms with Gasteiger partial charge in [0.2, 0.25) is 0 Å². The van der Waals surface area contributed by atoms with Crippen LogP contribution in [-0.4, -0.2) is 9.97 Å².